The molecular formula is C13H15N5O. The van der Waals surface area contributed by atoms with Crippen molar-refractivity contribution in [2.75, 3.05) is 5.32 Å². The zero-order chi connectivity index (χ0) is 13.7. The van der Waals surface area contributed by atoms with E-state index in [1.165, 1.54) is 0 Å². The van der Waals surface area contributed by atoms with Crippen LogP contribution in [0.15, 0.2) is 22.6 Å². The first kappa shape index (κ1) is 13.1. The average Bonchev–Trinajstić information content (AvgIpc) is 3.18. The van der Waals surface area contributed by atoms with Crippen molar-refractivity contribution in [1.29, 1.82) is 0 Å². The Morgan fingerprint density at radius 3 is 2.63 bits per heavy atom. The van der Waals surface area contributed by atoms with Crippen LogP contribution in [0.1, 0.15) is 31.5 Å². The van der Waals surface area contributed by atoms with Crippen LogP contribution in [0, 0.1) is 19.3 Å². The number of rotatable bonds is 6. The van der Waals surface area contributed by atoms with E-state index in [1.54, 1.807) is 19.3 Å². The number of carbonyl (C=O) groups is 1. The van der Waals surface area contributed by atoms with Crippen LogP contribution in [0.2, 0.25) is 0 Å². The third kappa shape index (κ3) is 3.85. The van der Waals surface area contributed by atoms with Gasteiger partial charge in [-0.1, -0.05) is 0 Å². The molecule has 0 spiro atoms. The summed E-state index contributed by atoms with van der Waals surface area (Å²) in [6.45, 7) is 1.79. The molecule has 1 amide bonds. The number of hydrogen-bond donors (Lipinski definition) is 1. The Morgan fingerprint density at radius 1 is 1.37 bits per heavy atom. The van der Waals surface area contributed by atoms with Crippen molar-refractivity contribution in [1.82, 2.24) is 9.97 Å². The molecule has 1 aromatic heterocycles. The molecule has 6 nitrogen and oxygen atoms in total. The summed E-state index contributed by atoms with van der Waals surface area (Å²) in [6.07, 6.45) is 10.7. The summed E-state index contributed by atoms with van der Waals surface area (Å²) in [7, 11) is 0. The summed E-state index contributed by atoms with van der Waals surface area (Å²) in [5.41, 5.74) is 0.186. The van der Waals surface area contributed by atoms with Crippen molar-refractivity contribution >= 4 is 11.6 Å². The number of aromatic nitrogens is 2. The van der Waals surface area contributed by atoms with Crippen LogP contribution in [-0.4, -0.2) is 21.5 Å². The van der Waals surface area contributed by atoms with Gasteiger partial charge in [0, 0.05) is 25.7 Å². The molecule has 0 aromatic carbocycles. The van der Waals surface area contributed by atoms with Crippen molar-refractivity contribution in [3.8, 4) is 12.3 Å². The van der Waals surface area contributed by atoms with Crippen molar-refractivity contribution in [3.05, 3.63) is 18.2 Å². The molecule has 0 saturated heterocycles. The Morgan fingerprint density at radius 2 is 2.05 bits per heavy atom. The fraction of sp³-hybridized carbons (Fsp3) is 0.462. The minimum atomic E-state index is -0.409. The summed E-state index contributed by atoms with van der Waals surface area (Å²) < 4.78 is 0. The fourth-order valence-electron chi connectivity index (χ4n) is 1.66. The van der Waals surface area contributed by atoms with Gasteiger partial charge in [-0.3, -0.25) is 4.79 Å². The molecule has 98 valence electrons. The van der Waals surface area contributed by atoms with Crippen molar-refractivity contribution in [2.45, 2.75) is 38.3 Å². The highest BCUT2D eigenvalue weighted by Crippen LogP contribution is 2.37. The molecule has 0 bridgehead atoms. The monoisotopic (exact) mass is 257 g/mol. The second kappa shape index (κ2) is 5.57. The summed E-state index contributed by atoms with van der Waals surface area (Å²) in [6, 6.07) is 0. The minimum Gasteiger partial charge on any atom is -0.323 e. The lowest BCUT2D eigenvalue weighted by atomic mass is 10.0. The molecular weight excluding hydrogens is 242 g/mol. The SMILES string of the molecule is C#CCCC1(CCC(=O)Nc2cnc(C)nc2)N=N1. The van der Waals surface area contributed by atoms with E-state index in [-0.39, 0.29) is 5.91 Å². The molecule has 2 heterocycles. The van der Waals surface area contributed by atoms with Crippen LogP contribution in [0.3, 0.4) is 0 Å². The minimum absolute atomic E-state index is 0.0927. The quantitative estimate of drug-likeness (QED) is 0.792. The number of nitrogens with one attached hydrogen (secondary N) is 1. The Hall–Kier alpha value is -2.29. The van der Waals surface area contributed by atoms with Crippen LogP contribution < -0.4 is 5.32 Å². The Bertz CT molecular complexity index is 523. The highest BCUT2D eigenvalue weighted by molar-refractivity contribution is 5.90. The van der Waals surface area contributed by atoms with Crippen LogP contribution in [0.25, 0.3) is 0 Å². The van der Waals surface area contributed by atoms with Gasteiger partial charge in [0.15, 0.2) is 5.66 Å². The standard InChI is InChI=1S/C13H15N5O/c1-3-4-6-13(17-18-13)7-5-12(19)16-11-8-14-10(2)15-9-11/h1,8-9H,4-7H2,2H3,(H,16,19). The Labute approximate surface area is 111 Å². The van der Waals surface area contributed by atoms with E-state index in [4.69, 9.17) is 6.42 Å². The number of anilines is 1. The van der Waals surface area contributed by atoms with Crippen molar-refractivity contribution in [3.63, 3.8) is 0 Å². The molecule has 1 aliphatic heterocycles. The predicted octanol–water partition coefficient (Wildman–Crippen LogP) is 2.08. The maximum absolute atomic E-state index is 11.8. The lowest BCUT2D eigenvalue weighted by Gasteiger charge is -2.08. The lowest BCUT2D eigenvalue weighted by molar-refractivity contribution is -0.116. The molecule has 2 rings (SSSR count). The fourth-order valence-corrected chi connectivity index (χ4v) is 1.66. The smallest absolute Gasteiger partial charge is 0.224 e. The number of amides is 1. The summed E-state index contributed by atoms with van der Waals surface area (Å²) in [5, 5.41) is 10.7. The summed E-state index contributed by atoms with van der Waals surface area (Å²) in [5.74, 6) is 3.14. The topological polar surface area (TPSA) is 79.6 Å². The van der Waals surface area contributed by atoms with Gasteiger partial charge in [-0.15, -0.1) is 12.3 Å². The first-order valence-electron chi connectivity index (χ1n) is 6.10. The third-order valence-corrected chi connectivity index (χ3v) is 2.87. The number of carbonyl (C=O) groups excluding carboxylic acids is 1. The zero-order valence-electron chi connectivity index (χ0n) is 10.8. The number of aryl methyl sites for hydroxylation is 1. The molecule has 0 fully saturated rings. The molecule has 0 atom stereocenters. The van der Waals surface area contributed by atoms with E-state index >= 15 is 0 Å². The normalized spacial score (nSPS) is 14.7. The highest BCUT2D eigenvalue weighted by Gasteiger charge is 2.39. The molecule has 0 radical (unpaired) electrons. The maximum Gasteiger partial charge on any atom is 0.224 e. The second-order valence-corrected chi connectivity index (χ2v) is 4.45. The zero-order valence-corrected chi connectivity index (χ0v) is 10.8. The third-order valence-electron chi connectivity index (χ3n) is 2.87. The van der Waals surface area contributed by atoms with Crippen LogP contribution in [0.4, 0.5) is 5.69 Å². The molecule has 1 aromatic rings. The van der Waals surface area contributed by atoms with Gasteiger partial charge in [0.25, 0.3) is 0 Å². The van der Waals surface area contributed by atoms with Gasteiger partial charge >= 0.3 is 0 Å². The average molecular weight is 257 g/mol. The van der Waals surface area contributed by atoms with Gasteiger partial charge in [-0.05, 0) is 6.92 Å². The van der Waals surface area contributed by atoms with E-state index < -0.39 is 5.66 Å². The Balaban J connectivity index is 1.76. The molecule has 19 heavy (non-hydrogen) atoms. The summed E-state index contributed by atoms with van der Waals surface area (Å²) >= 11 is 0. The highest BCUT2D eigenvalue weighted by atomic mass is 16.1. The second-order valence-electron chi connectivity index (χ2n) is 4.45. The first-order chi connectivity index (χ1) is 9.13. The van der Waals surface area contributed by atoms with E-state index in [9.17, 15) is 4.79 Å². The van der Waals surface area contributed by atoms with Gasteiger partial charge in [-0.2, -0.15) is 10.2 Å². The molecule has 0 saturated carbocycles. The maximum atomic E-state index is 11.8. The Kier molecular flexibility index (Phi) is 3.85. The largest absolute Gasteiger partial charge is 0.323 e. The molecule has 1 aliphatic rings. The number of nitrogens with zero attached hydrogens (tertiary/aromatic N) is 4. The van der Waals surface area contributed by atoms with Gasteiger partial charge in [-0.25, -0.2) is 9.97 Å². The number of hydrogen-bond acceptors (Lipinski definition) is 5. The molecule has 0 aliphatic carbocycles. The van der Waals surface area contributed by atoms with E-state index in [0.717, 1.165) is 0 Å². The van der Waals surface area contributed by atoms with Crippen molar-refractivity contribution < 1.29 is 4.79 Å². The number of terminal acetylenes is 1. The van der Waals surface area contributed by atoms with Gasteiger partial charge in [0.2, 0.25) is 5.91 Å². The van der Waals surface area contributed by atoms with Crippen molar-refractivity contribution in [2.24, 2.45) is 10.2 Å². The van der Waals surface area contributed by atoms with E-state index in [2.05, 4.69) is 31.4 Å². The predicted molar refractivity (Wildman–Crippen MR) is 70.3 cm³/mol. The van der Waals surface area contributed by atoms with Gasteiger partial charge < -0.3 is 5.32 Å². The van der Waals surface area contributed by atoms with E-state index in [0.29, 0.717) is 37.2 Å². The van der Waals surface area contributed by atoms with Crippen LogP contribution in [0.5, 0.6) is 0 Å². The molecule has 0 unspecified atom stereocenters. The molecule has 6 heteroatoms. The van der Waals surface area contributed by atoms with Gasteiger partial charge in [0.05, 0.1) is 18.1 Å². The van der Waals surface area contributed by atoms with E-state index in [1.807, 2.05) is 0 Å². The summed E-state index contributed by atoms with van der Waals surface area (Å²) in [4.78, 5) is 19.8. The first-order valence-corrected chi connectivity index (χ1v) is 6.10. The van der Waals surface area contributed by atoms with Crippen LogP contribution >= 0.6 is 0 Å². The molecule has 1 N–H and O–H groups in total. The lowest BCUT2D eigenvalue weighted by Crippen LogP contribution is -2.17. The van der Waals surface area contributed by atoms with Gasteiger partial charge in [0.1, 0.15) is 5.82 Å². The van der Waals surface area contributed by atoms with Crippen LogP contribution in [-0.2, 0) is 4.79 Å².